The molecule has 0 fully saturated rings. The summed E-state index contributed by atoms with van der Waals surface area (Å²) in [6, 6.07) is 8.76. The van der Waals surface area contributed by atoms with Gasteiger partial charge in [0.2, 0.25) is 5.96 Å². The van der Waals surface area contributed by atoms with Gasteiger partial charge in [-0.3, -0.25) is 5.32 Å². The number of sulfonamides is 2. The number of carbonyl (C=O) groups excluding carboxylic acids is 1. The Morgan fingerprint density at radius 1 is 1.00 bits per heavy atom. The van der Waals surface area contributed by atoms with Gasteiger partial charge in [-0.25, -0.2) is 17.9 Å². The van der Waals surface area contributed by atoms with Gasteiger partial charge in [0.15, 0.2) is 6.19 Å². The maximum Gasteiger partial charge on any atom is 0.333 e. The van der Waals surface area contributed by atoms with E-state index in [1.165, 1.54) is 42.6 Å². The molecule has 14 heteroatoms. The zero-order chi connectivity index (χ0) is 21.7. The van der Waals surface area contributed by atoms with Crippen LogP contribution in [0.1, 0.15) is 0 Å². The van der Waals surface area contributed by atoms with Crippen LogP contribution in [0.25, 0.3) is 0 Å². The van der Waals surface area contributed by atoms with Crippen LogP contribution in [0.15, 0.2) is 62.7 Å². The largest absolute Gasteiger partial charge is 0.368 e. The molecule has 0 unspecified atom stereocenters. The van der Waals surface area contributed by atoms with E-state index in [1.54, 1.807) is 0 Å². The number of benzene rings is 2. The topological polar surface area (TPSA) is 184 Å². The van der Waals surface area contributed by atoms with Gasteiger partial charge in [0.05, 0.1) is 9.79 Å². The Bertz CT molecular complexity index is 1190. The summed E-state index contributed by atoms with van der Waals surface area (Å²) in [5.41, 5.74) is 5.34. The fourth-order valence-electron chi connectivity index (χ4n) is 1.92. The molecule has 0 aliphatic rings. The molecule has 0 aliphatic heterocycles. The molecule has 0 spiro atoms. The lowest BCUT2D eigenvalue weighted by atomic mass is 10.3. The van der Waals surface area contributed by atoms with Crippen molar-refractivity contribution in [1.29, 1.82) is 5.26 Å². The van der Waals surface area contributed by atoms with Gasteiger partial charge in [0.25, 0.3) is 20.0 Å². The molecule has 5 N–H and O–H groups in total. The van der Waals surface area contributed by atoms with E-state index in [2.05, 4.69) is 9.71 Å². The second kappa shape index (κ2) is 8.78. The number of anilines is 1. The number of amides is 2. The standard InChI is InChI=1S/C15H13ClN6O5S2/c16-10-1-5-12(6-2-10)29(26,27)22-15(23)20-11-3-7-13(8-4-11)28(24,25)21-14(18)19-9-17/h1-8H,(H3,18,19,21)(H2,20,22,23). The summed E-state index contributed by atoms with van der Waals surface area (Å²) < 4.78 is 53.3. The maximum atomic E-state index is 12.1. The first-order chi connectivity index (χ1) is 13.5. The zero-order valence-corrected chi connectivity index (χ0v) is 16.7. The van der Waals surface area contributed by atoms with Crippen molar-refractivity contribution in [2.24, 2.45) is 10.1 Å². The van der Waals surface area contributed by atoms with Gasteiger partial charge < -0.3 is 11.1 Å². The number of hydrogen-bond acceptors (Lipinski definition) is 6. The van der Waals surface area contributed by atoms with Crippen LogP contribution < -0.4 is 21.1 Å². The number of halogens is 1. The summed E-state index contributed by atoms with van der Waals surface area (Å²) in [5.74, 6) is -0.610. The van der Waals surface area contributed by atoms with E-state index in [4.69, 9.17) is 22.6 Å². The molecular weight excluding hydrogens is 444 g/mol. The Morgan fingerprint density at radius 2 is 1.55 bits per heavy atom. The normalized spacial score (nSPS) is 11.9. The Morgan fingerprint density at radius 3 is 2.10 bits per heavy atom. The highest BCUT2D eigenvalue weighted by atomic mass is 35.5. The fraction of sp³-hybridized carbons (Fsp3) is 0. The molecule has 0 saturated carbocycles. The lowest BCUT2D eigenvalue weighted by Gasteiger charge is -2.09. The molecular formula is C15H13ClN6O5S2. The average Bonchev–Trinajstić information content (AvgIpc) is 2.61. The Kier molecular flexibility index (Phi) is 6.64. The van der Waals surface area contributed by atoms with Crippen LogP contribution in [0.5, 0.6) is 0 Å². The van der Waals surface area contributed by atoms with Crippen molar-refractivity contribution in [3.05, 3.63) is 53.6 Å². The molecule has 0 heterocycles. The van der Waals surface area contributed by atoms with Crippen LogP contribution in [0.4, 0.5) is 10.5 Å². The number of rotatable bonds is 5. The molecule has 0 radical (unpaired) electrons. The quantitative estimate of drug-likeness (QED) is 0.221. The van der Waals surface area contributed by atoms with Crippen molar-refractivity contribution in [2.45, 2.75) is 9.79 Å². The summed E-state index contributed by atoms with van der Waals surface area (Å²) >= 11 is 5.69. The van der Waals surface area contributed by atoms with Gasteiger partial charge in [-0.2, -0.15) is 13.7 Å². The smallest absolute Gasteiger partial charge is 0.333 e. The third-order valence-electron chi connectivity index (χ3n) is 3.16. The average molecular weight is 457 g/mol. The minimum absolute atomic E-state index is 0.111. The van der Waals surface area contributed by atoms with Gasteiger partial charge in [0.1, 0.15) is 0 Å². The lowest BCUT2D eigenvalue weighted by molar-refractivity contribution is 0.256. The van der Waals surface area contributed by atoms with Crippen molar-refractivity contribution in [2.75, 3.05) is 5.32 Å². The highest BCUT2D eigenvalue weighted by Crippen LogP contribution is 2.17. The van der Waals surface area contributed by atoms with Crippen molar-refractivity contribution in [3.63, 3.8) is 0 Å². The first-order valence-electron chi connectivity index (χ1n) is 7.48. The van der Waals surface area contributed by atoms with Crippen LogP contribution in [-0.4, -0.2) is 28.8 Å². The number of guanidine groups is 1. The summed E-state index contributed by atoms with van der Waals surface area (Å²) in [7, 11) is -8.31. The monoisotopic (exact) mass is 456 g/mol. The minimum Gasteiger partial charge on any atom is -0.368 e. The first kappa shape index (κ1) is 22.0. The highest BCUT2D eigenvalue weighted by molar-refractivity contribution is 7.90. The van der Waals surface area contributed by atoms with Gasteiger partial charge in [-0.15, -0.1) is 4.40 Å². The molecule has 0 bridgehead atoms. The van der Waals surface area contributed by atoms with E-state index in [0.717, 1.165) is 12.1 Å². The van der Waals surface area contributed by atoms with E-state index in [9.17, 15) is 21.6 Å². The van der Waals surface area contributed by atoms with Gasteiger partial charge in [0, 0.05) is 10.7 Å². The summed E-state index contributed by atoms with van der Waals surface area (Å²) in [4.78, 5) is 11.5. The lowest BCUT2D eigenvalue weighted by Crippen LogP contribution is -2.34. The summed E-state index contributed by atoms with van der Waals surface area (Å²) in [6.45, 7) is 0. The maximum absolute atomic E-state index is 12.1. The van der Waals surface area contributed by atoms with Gasteiger partial charge in [-0.05, 0) is 48.5 Å². The third kappa shape index (κ3) is 6.07. The molecule has 0 aliphatic carbocycles. The molecule has 29 heavy (non-hydrogen) atoms. The number of urea groups is 1. The number of nitrogens with two attached hydrogens (primary N) is 1. The number of carbonyl (C=O) groups is 1. The first-order valence-corrected chi connectivity index (χ1v) is 10.8. The van der Waals surface area contributed by atoms with Crippen LogP contribution in [0.2, 0.25) is 5.02 Å². The number of nitriles is 1. The van der Waals surface area contributed by atoms with Crippen LogP contribution in [0.3, 0.4) is 0 Å². The van der Waals surface area contributed by atoms with Crippen molar-refractivity contribution < 1.29 is 21.6 Å². The molecule has 11 nitrogen and oxygen atoms in total. The van der Waals surface area contributed by atoms with Crippen LogP contribution >= 0.6 is 11.6 Å². The Labute approximate surface area is 171 Å². The molecule has 0 saturated heterocycles. The number of hydrogen-bond donors (Lipinski definition) is 4. The van der Waals surface area contributed by atoms with Gasteiger partial charge in [-0.1, -0.05) is 11.6 Å². The molecule has 2 amide bonds. The molecule has 2 aromatic carbocycles. The predicted octanol–water partition coefficient (Wildman–Crippen LogP) is 0.924. The third-order valence-corrected chi connectivity index (χ3v) is 6.07. The van der Waals surface area contributed by atoms with E-state index in [1.807, 2.05) is 10.0 Å². The Hall–Kier alpha value is -3.34. The molecule has 152 valence electrons. The fourth-order valence-corrected chi connectivity index (χ4v) is 3.85. The molecule has 0 atom stereocenters. The summed E-state index contributed by atoms with van der Waals surface area (Å²) in [6.07, 6.45) is 1.42. The summed E-state index contributed by atoms with van der Waals surface area (Å²) in [5, 5.41) is 12.8. The van der Waals surface area contributed by atoms with Gasteiger partial charge >= 0.3 is 6.03 Å². The zero-order valence-electron chi connectivity index (χ0n) is 14.3. The van der Waals surface area contributed by atoms with Crippen molar-refractivity contribution in [1.82, 2.24) is 10.0 Å². The highest BCUT2D eigenvalue weighted by Gasteiger charge is 2.18. The van der Waals surface area contributed by atoms with E-state index >= 15 is 0 Å². The molecule has 2 rings (SSSR count). The van der Waals surface area contributed by atoms with Crippen LogP contribution in [0, 0.1) is 11.5 Å². The van der Waals surface area contributed by atoms with Crippen LogP contribution in [-0.2, 0) is 20.0 Å². The SMILES string of the molecule is N#CN/C(N)=N/S(=O)(=O)c1ccc(NC(=O)NS(=O)(=O)c2ccc(Cl)cc2)cc1. The Balaban J connectivity index is 2.09. The van der Waals surface area contributed by atoms with Crippen molar-refractivity contribution >= 4 is 49.3 Å². The predicted molar refractivity (Wildman–Crippen MR) is 105 cm³/mol. The van der Waals surface area contributed by atoms with Crippen molar-refractivity contribution in [3.8, 4) is 6.19 Å². The second-order valence-corrected chi connectivity index (χ2v) is 8.95. The minimum atomic E-state index is -4.18. The molecule has 2 aromatic rings. The second-order valence-electron chi connectivity index (χ2n) is 5.23. The molecule has 0 aromatic heterocycles. The van der Waals surface area contributed by atoms with E-state index in [0.29, 0.717) is 5.02 Å². The van der Waals surface area contributed by atoms with E-state index in [-0.39, 0.29) is 15.5 Å². The number of nitrogens with zero attached hydrogens (tertiary/aromatic N) is 2. The van der Waals surface area contributed by atoms with E-state index < -0.39 is 32.0 Å². The number of nitrogens with one attached hydrogen (secondary N) is 3.